The summed E-state index contributed by atoms with van der Waals surface area (Å²) in [6.07, 6.45) is 5.26. The molecular formula is C10H4N6O2. The van der Waals surface area contributed by atoms with Crippen molar-refractivity contribution in [3.05, 3.63) is 67.7 Å². The molecule has 0 aliphatic heterocycles. The molecule has 0 spiro atoms. The first-order chi connectivity index (χ1) is 8.67. The monoisotopic (exact) mass is 240 g/mol. The SMILES string of the molecule is [N-]=[N+]=NC1=C(N=[N+]=[N-])C(=O)C2=CC(=O)C=CC2=C1. The van der Waals surface area contributed by atoms with Crippen molar-refractivity contribution in [1.82, 2.24) is 0 Å². The Morgan fingerprint density at radius 1 is 1.00 bits per heavy atom. The van der Waals surface area contributed by atoms with Gasteiger partial charge >= 0.3 is 0 Å². The molecule has 0 aromatic heterocycles. The van der Waals surface area contributed by atoms with E-state index in [1.165, 1.54) is 18.2 Å². The summed E-state index contributed by atoms with van der Waals surface area (Å²) in [5, 5.41) is 6.50. The van der Waals surface area contributed by atoms with Gasteiger partial charge in [-0.15, -0.1) is 0 Å². The van der Waals surface area contributed by atoms with Gasteiger partial charge < -0.3 is 0 Å². The molecule has 0 aromatic carbocycles. The van der Waals surface area contributed by atoms with Crippen LogP contribution in [0.5, 0.6) is 0 Å². The smallest absolute Gasteiger partial charge is 0.196 e. The molecule has 0 amide bonds. The average molecular weight is 240 g/mol. The maximum Gasteiger partial charge on any atom is 0.196 e. The minimum absolute atomic E-state index is 0.0635. The molecule has 0 radical (unpaired) electrons. The molecule has 2 aliphatic carbocycles. The number of rotatable bonds is 2. The standard InChI is InChI=1S/C10H4N6O2/c11-15-13-8-3-5-1-2-6(17)4-7(5)10(18)9(8)14-16-12/h1-4H. The predicted octanol–water partition coefficient (Wildman–Crippen LogP) is 2.39. The number of carbonyl (C=O) groups excluding carboxylic acids is 2. The molecule has 0 unspecified atom stereocenters. The third-order valence-electron chi connectivity index (χ3n) is 2.32. The van der Waals surface area contributed by atoms with Crippen molar-refractivity contribution in [2.24, 2.45) is 10.2 Å². The first kappa shape index (κ1) is 11.4. The summed E-state index contributed by atoms with van der Waals surface area (Å²) in [6, 6.07) is 0. The van der Waals surface area contributed by atoms with Crippen LogP contribution in [-0.2, 0) is 9.59 Å². The van der Waals surface area contributed by atoms with Gasteiger partial charge in [-0.25, -0.2) is 0 Å². The van der Waals surface area contributed by atoms with E-state index >= 15 is 0 Å². The number of hydrogen-bond donors (Lipinski definition) is 0. The van der Waals surface area contributed by atoms with E-state index in [0.29, 0.717) is 5.57 Å². The van der Waals surface area contributed by atoms with Crippen LogP contribution in [0.15, 0.2) is 57.1 Å². The second kappa shape index (κ2) is 4.42. The number of Topliss-reactive ketones (excluding diaryl/α,β-unsaturated/α-hetero) is 1. The van der Waals surface area contributed by atoms with E-state index in [9.17, 15) is 9.59 Å². The summed E-state index contributed by atoms with van der Waals surface area (Å²) < 4.78 is 0. The molecule has 2 rings (SSSR count). The number of fused-ring (bicyclic) bond motifs is 1. The highest BCUT2D eigenvalue weighted by molar-refractivity contribution is 6.19. The number of nitrogens with zero attached hydrogens (tertiary/aromatic N) is 6. The van der Waals surface area contributed by atoms with Gasteiger partial charge in [0.2, 0.25) is 0 Å². The largest absolute Gasteiger partial charge is 0.290 e. The minimum atomic E-state index is -0.634. The van der Waals surface area contributed by atoms with Crippen molar-refractivity contribution >= 4 is 11.6 Å². The lowest BCUT2D eigenvalue weighted by atomic mass is 9.89. The Bertz CT molecular complexity index is 681. The minimum Gasteiger partial charge on any atom is -0.290 e. The van der Waals surface area contributed by atoms with Gasteiger partial charge in [0, 0.05) is 15.4 Å². The third-order valence-corrected chi connectivity index (χ3v) is 2.32. The molecule has 8 nitrogen and oxygen atoms in total. The van der Waals surface area contributed by atoms with Crippen molar-refractivity contribution in [2.45, 2.75) is 0 Å². The van der Waals surface area contributed by atoms with E-state index in [0.717, 1.165) is 6.08 Å². The van der Waals surface area contributed by atoms with Crippen LogP contribution >= 0.6 is 0 Å². The lowest BCUT2D eigenvalue weighted by Crippen LogP contribution is -2.15. The number of hydrogen-bond acceptors (Lipinski definition) is 4. The second-order valence-electron chi connectivity index (χ2n) is 3.34. The van der Waals surface area contributed by atoms with E-state index in [1.807, 2.05) is 0 Å². The summed E-state index contributed by atoms with van der Waals surface area (Å²) in [5.74, 6) is -0.964. The van der Waals surface area contributed by atoms with Crippen LogP contribution in [0, 0.1) is 0 Å². The number of azide groups is 2. The van der Waals surface area contributed by atoms with Gasteiger partial charge in [-0.1, -0.05) is 16.3 Å². The summed E-state index contributed by atoms with van der Waals surface area (Å²) in [4.78, 5) is 28.2. The first-order valence-electron chi connectivity index (χ1n) is 4.72. The highest BCUT2D eigenvalue weighted by Gasteiger charge is 2.26. The molecule has 18 heavy (non-hydrogen) atoms. The van der Waals surface area contributed by atoms with Crippen LogP contribution in [0.3, 0.4) is 0 Å². The molecule has 2 aliphatic rings. The van der Waals surface area contributed by atoms with Crippen LogP contribution in [0.1, 0.15) is 0 Å². The van der Waals surface area contributed by atoms with E-state index in [4.69, 9.17) is 11.1 Å². The van der Waals surface area contributed by atoms with E-state index < -0.39 is 5.78 Å². The molecule has 0 heterocycles. The topological polar surface area (TPSA) is 132 Å². The van der Waals surface area contributed by atoms with Gasteiger partial charge in [-0.2, -0.15) is 0 Å². The summed E-state index contributed by atoms with van der Waals surface area (Å²) in [6.45, 7) is 0. The molecule has 0 aromatic rings. The molecule has 0 saturated carbocycles. The van der Waals surface area contributed by atoms with Crippen molar-refractivity contribution in [3.8, 4) is 0 Å². The zero-order chi connectivity index (χ0) is 13.1. The second-order valence-corrected chi connectivity index (χ2v) is 3.34. The summed E-state index contributed by atoms with van der Waals surface area (Å²) in [5.41, 5.74) is 17.0. The fourth-order valence-electron chi connectivity index (χ4n) is 1.58. The van der Waals surface area contributed by atoms with Gasteiger partial charge in [-0.05, 0) is 34.9 Å². The fourth-order valence-corrected chi connectivity index (χ4v) is 1.58. The van der Waals surface area contributed by atoms with Gasteiger partial charge in [0.25, 0.3) is 0 Å². The first-order valence-corrected chi connectivity index (χ1v) is 4.72. The molecule has 86 valence electrons. The Kier molecular flexibility index (Phi) is 2.80. The molecule has 0 atom stereocenters. The number of allylic oxidation sites excluding steroid dienone is 6. The molecule has 8 heteroatoms. The van der Waals surface area contributed by atoms with Crippen molar-refractivity contribution < 1.29 is 9.59 Å². The van der Waals surface area contributed by atoms with Gasteiger partial charge in [-0.3, -0.25) is 9.59 Å². The maximum absolute atomic E-state index is 12.0. The lowest BCUT2D eigenvalue weighted by molar-refractivity contribution is -0.113. The van der Waals surface area contributed by atoms with Gasteiger partial charge in [0.15, 0.2) is 11.6 Å². The van der Waals surface area contributed by atoms with Crippen LogP contribution < -0.4 is 0 Å². The molecule has 0 N–H and O–H groups in total. The summed E-state index contributed by atoms with van der Waals surface area (Å²) in [7, 11) is 0. The Labute approximate surface area is 99.8 Å². The quantitative estimate of drug-likeness (QED) is 0.416. The fraction of sp³-hybridized carbons (Fsp3) is 0. The van der Waals surface area contributed by atoms with Crippen molar-refractivity contribution in [1.29, 1.82) is 0 Å². The normalized spacial score (nSPS) is 17.3. The highest BCUT2D eigenvalue weighted by atomic mass is 16.1. The maximum atomic E-state index is 12.0. The van der Waals surface area contributed by atoms with Gasteiger partial charge in [0.1, 0.15) is 0 Å². The van der Waals surface area contributed by atoms with Crippen molar-refractivity contribution in [2.75, 3.05) is 0 Å². The molecular weight excluding hydrogens is 236 g/mol. The lowest BCUT2D eigenvalue weighted by Gasteiger charge is -2.16. The molecule has 0 bridgehead atoms. The Hall–Kier alpha value is -3.08. The summed E-state index contributed by atoms with van der Waals surface area (Å²) >= 11 is 0. The Morgan fingerprint density at radius 3 is 2.39 bits per heavy atom. The number of carbonyl (C=O) groups is 2. The highest BCUT2D eigenvalue weighted by Crippen LogP contribution is 2.30. The van der Waals surface area contributed by atoms with Crippen LogP contribution in [0.25, 0.3) is 20.9 Å². The Balaban J connectivity index is 2.69. The zero-order valence-corrected chi connectivity index (χ0v) is 8.81. The number of ketones is 2. The molecule has 0 fully saturated rings. The third kappa shape index (κ3) is 1.80. The average Bonchev–Trinajstić information content (AvgIpc) is 2.35. The van der Waals surface area contributed by atoms with Gasteiger partial charge in [0.05, 0.1) is 11.4 Å². The van der Waals surface area contributed by atoms with E-state index in [1.54, 1.807) is 0 Å². The van der Waals surface area contributed by atoms with Crippen LogP contribution in [0.2, 0.25) is 0 Å². The predicted molar refractivity (Wildman–Crippen MR) is 60.6 cm³/mol. The molecule has 0 saturated heterocycles. The van der Waals surface area contributed by atoms with Crippen molar-refractivity contribution in [3.63, 3.8) is 0 Å². The van der Waals surface area contributed by atoms with Crippen LogP contribution in [-0.4, -0.2) is 11.6 Å². The van der Waals surface area contributed by atoms with E-state index in [2.05, 4.69) is 20.1 Å². The Morgan fingerprint density at radius 2 is 1.72 bits per heavy atom. The zero-order valence-electron chi connectivity index (χ0n) is 8.81. The van der Waals surface area contributed by atoms with Crippen LogP contribution in [0.4, 0.5) is 0 Å². The van der Waals surface area contributed by atoms with E-state index in [-0.39, 0.29) is 22.8 Å².